The largest absolute Gasteiger partial charge is 0.413 e. The molecular weight excluding hydrogens is 552 g/mol. The number of aromatic amines is 1. The number of carbonyl (C=O) groups is 2. The Morgan fingerprint density at radius 1 is 1.02 bits per heavy atom. The first-order valence-corrected chi connectivity index (χ1v) is 15.6. The number of carbonyl (C=O) groups excluding carboxylic acids is 2. The molecule has 220 valence electrons. The van der Waals surface area contributed by atoms with Crippen molar-refractivity contribution >= 4 is 38.6 Å². The van der Waals surface area contributed by atoms with Crippen molar-refractivity contribution in [1.82, 2.24) is 15.2 Å². The Labute approximate surface area is 246 Å². The molecule has 3 aromatic carbocycles. The van der Waals surface area contributed by atoms with E-state index in [2.05, 4.69) is 35.8 Å². The topological polar surface area (TPSA) is 121 Å². The van der Waals surface area contributed by atoms with Crippen LogP contribution in [0.1, 0.15) is 45.6 Å². The maximum absolute atomic E-state index is 13.2. The number of likely N-dealkylation sites (tertiary alicyclic amines) is 1. The standard InChI is InChI=1S/C32H36N4O5S/c1-32(2,3)23-12-15-25(16-13-23)42(39,40)35-24-14-17-27-26(21-24)29(22-9-5-4-6-10-22)30(34-27)41-31(38)33-18-8-20-36-19-7-11-28(36)37/h4-6,9-10,12-17,21,34-35H,7-8,11,18-20H2,1-3H3,(H,33,38). The number of ether oxygens (including phenoxy) is 1. The van der Waals surface area contributed by atoms with Crippen molar-refractivity contribution in [2.75, 3.05) is 24.4 Å². The third-order valence-electron chi connectivity index (χ3n) is 7.35. The van der Waals surface area contributed by atoms with Crippen LogP contribution in [0.5, 0.6) is 5.88 Å². The molecule has 1 aliphatic rings. The van der Waals surface area contributed by atoms with Gasteiger partial charge in [-0.2, -0.15) is 0 Å². The molecule has 0 atom stereocenters. The van der Waals surface area contributed by atoms with Crippen LogP contribution in [0.4, 0.5) is 10.5 Å². The van der Waals surface area contributed by atoms with Crippen LogP contribution in [0, 0.1) is 0 Å². The molecule has 9 nitrogen and oxygen atoms in total. The number of fused-ring (bicyclic) bond motifs is 1. The van der Waals surface area contributed by atoms with Crippen molar-refractivity contribution < 1.29 is 22.7 Å². The summed E-state index contributed by atoms with van der Waals surface area (Å²) in [5.74, 6) is 0.407. The first kappa shape index (κ1) is 29.2. The van der Waals surface area contributed by atoms with E-state index in [1.807, 2.05) is 47.4 Å². The molecule has 0 saturated carbocycles. The van der Waals surface area contributed by atoms with E-state index in [1.165, 1.54) is 0 Å². The summed E-state index contributed by atoms with van der Waals surface area (Å²) in [7, 11) is -3.84. The maximum Gasteiger partial charge on any atom is 0.413 e. The van der Waals surface area contributed by atoms with Gasteiger partial charge < -0.3 is 19.9 Å². The molecule has 2 heterocycles. The van der Waals surface area contributed by atoms with Gasteiger partial charge in [0.2, 0.25) is 11.8 Å². The molecule has 1 aliphatic heterocycles. The minimum atomic E-state index is -3.84. The van der Waals surface area contributed by atoms with Gasteiger partial charge in [-0.25, -0.2) is 13.2 Å². The van der Waals surface area contributed by atoms with Crippen LogP contribution < -0.4 is 14.8 Å². The number of benzene rings is 3. The number of hydrogen-bond acceptors (Lipinski definition) is 5. The fourth-order valence-electron chi connectivity index (χ4n) is 5.08. The summed E-state index contributed by atoms with van der Waals surface area (Å²) in [5.41, 5.74) is 3.46. The summed E-state index contributed by atoms with van der Waals surface area (Å²) in [6.45, 7) is 7.95. The third kappa shape index (κ3) is 6.60. The zero-order valence-electron chi connectivity index (χ0n) is 24.1. The number of aromatic nitrogens is 1. The van der Waals surface area contributed by atoms with Crippen molar-refractivity contribution in [3.8, 4) is 17.0 Å². The highest BCUT2D eigenvalue weighted by molar-refractivity contribution is 7.92. The summed E-state index contributed by atoms with van der Waals surface area (Å²) in [5, 5.41) is 3.45. The van der Waals surface area contributed by atoms with E-state index >= 15 is 0 Å². The first-order chi connectivity index (χ1) is 20.0. The second-order valence-corrected chi connectivity index (χ2v) is 13.2. The normalized spacial score (nSPS) is 13.9. The van der Waals surface area contributed by atoms with Gasteiger partial charge in [-0.15, -0.1) is 0 Å². The molecule has 5 rings (SSSR count). The highest BCUT2D eigenvalue weighted by Gasteiger charge is 2.22. The lowest BCUT2D eigenvalue weighted by Gasteiger charge is -2.19. The zero-order chi connectivity index (χ0) is 29.9. The van der Waals surface area contributed by atoms with Crippen LogP contribution in [-0.2, 0) is 20.2 Å². The molecule has 4 aromatic rings. The summed E-state index contributed by atoms with van der Waals surface area (Å²) in [6.07, 6.45) is 1.48. The van der Waals surface area contributed by atoms with Crippen LogP contribution in [-0.4, -0.2) is 49.9 Å². The van der Waals surface area contributed by atoms with Gasteiger partial charge in [-0.05, 0) is 59.7 Å². The molecule has 0 unspecified atom stereocenters. The van der Waals surface area contributed by atoms with E-state index in [4.69, 9.17) is 4.74 Å². The van der Waals surface area contributed by atoms with Gasteiger partial charge >= 0.3 is 6.09 Å². The monoisotopic (exact) mass is 588 g/mol. The Morgan fingerprint density at radius 3 is 2.43 bits per heavy atom. The van der Waals surface area contributed by atoms with Gasteiger partial charge in [0.15, 0.2) is 0 Å². The quantitative estimate of drug-likeness (QED) is 0.206. The smallest absolute Gasteiger partial charge is 0.393 e. The summed E-state index contributed by atoms with van der Waals surface area (Å²) >= 11 is 0. The fourth-order valence-corrected chi connectivity index (χ4v) is 6.13. The van der Waals surface area contributed by atoms with Crippen molar-refractivity contribution in [3.05, 3.63) is 78.4 Å². The summed E-state index contributed by atoms with van der Waals surface area (Å²) < 4.78 is 34.8. The van der Waals surface area contributed by atoms with E-state index in [1.54, 1.807) is 30.3 Å². The molecule has 1 aromatic heterocycles. The van der Waals surface area contributed by atoms with Gasteiger partial charge in [0.1, 0.15) is 0 Å². The van der Waals surface area contributed by atoms with Crippen LogP contribution in [0.15, 0.2) is 77.7 Å². The molecule has 42 heavy (non-hydrogen) atoms. The summed E-state index contributed by atoms with van der Waals surface area (Å²) in [6, 6.07) is 21.5. The van der Waals surface area contributed by atoms with Gasteiger partial charge in [0, 0.05) is 42.6 Å². The lowest BCUT2D eigenvalue weighted by Crippen LogP contribution is -2.32. The highest BCUT2D eigenvalue weighted by atomic mass is 32.2. The number of anilines is 1. The number of nitrogens with zero attached hydrogens (tertiary/aromatic N) is 1. The molecule has 2 amide bonds. The van der Waals surface area contributed by atoms with Gasteiger partial charge in [-0.3, -0.25) is 9.52 Å². The number of H-pyrrole nitrogens is 1. The van der Waals surface area contributed by atoms with Gasteiger partial charge in [0.05, 0.1) is 10.5 Å². The Morgan fingerprint density at radius 2 is 1.76 bits per heavy atom. The van der Waals surface area contributed by atoms with Crippen LogP contribution in [0.2, 0.25) is 0 Å². The van der Waals surface area contributed by atoms with E-state index in [9.17, 15) is 18.0 Å². The second kappa shape index (κ2) is 11.9. The predicted octanol–water partition coefficient (Wildman–Crippen LogP) is 6.03. The number of nitrogens with one attached hydrogen (secondary N) is 3. The van der Waals surface area contributed by atoms with Crippen molar-refractivity contribution in [2.45, 2.75) is 50.3 Å². The lowest BCUT2D eigenvalue weighted by atomic mass is 9.87. The van der Waals surface area contributed by atoms with Crippen LogP contribution in [0.3, 0.4) is 0 Å². The van der Waals surface area contributed by atoms with Crippen LogP contribution in [0.25, 0.3) is 22.0 Å². The van der Waals surface area contributed by atoms with Crippen LogP contribution >= 0.6 is 0 Å². The van der Waals surface area contributed by atoms with Crippen molar-refractivity contribution in [1.29, 1.82) is 0 Å². The first-order valence-electron chi connectivity index (χ1n) is 14.1. The second-order valence-electron chi connectivity index (χ2n) is 11.5. The molecule has 0 aliphatic carbocycles. The Balaban J connectivity index is 1.36. The van der Waals surface area contributed by atoms with Crippen molar-refractivity contribution in [3.63, 3.8) is 0 Å². The minimum Gasteiger partial charge on any atom is -0.393 e. The Kier molecular flexibility index (Phi) is 8.27. The Hall–Kier alpha value is -4.31. The van der Waals surface area contributed by atoms with Crippen molar-refractivity contribution in [2.24, 2.45) is 0 Å². The zero-order valence-corrected chi connectivity index (χ0v) is 24.9. The number of sulfonamides is 1. The number of hydrogen-bond donors (Lipinski definition) is 3. The third-order valence-corrected chi connectivity index (χ3v) is 8.75. The predicted molar refractivity (Wildman–Crippen MR) is 164 cm³/mol. The average molecular weight is 589 g/mol. The lowest BCUT2D eigenvalue weighted by molar-refractivity contribution is -0.127. The van der Waals surface area contributed by atoms with E-state index < -0.39 is 16.1 Å². The molecule has 3 N–H and O–H groups in total. The summed E-state index contributed by atoms with van der Waals surface area (Å²) in [4.78, 5) is 29.6. The molecule has 1 saturated heterocycles. The average Bonchev–Trinajstić information content (AvgIpc) is 3.53. The number of rotatable bonds is 9. The van der Waals surface area contributed by atoms with E-state index in [0.717, 1.165) is 24.1 Å². The molecule has 0 bridgehead atoms. The molecule has 10 heteroatoms. The van der Waals surface area contributed by atoms with E-state index in [-0.39, 0.29) is 22.1 Å². The Bertz CT molecular complexity index is 1690. The van der Waals surface area contributed by atoms with Gasteiger partial charge in [0.25, 0.3) is 10.0 Å². The van der Waals surface area contributed by atoms with Gasteiger partial charge in [-0.1, -0.05) is 63.2 Å². The molecule has 0 spiro atoms. The maximum atomic E-state index is 13.2. The highest BCUT2D eigenvalue weighted by Crippen LogP contribution is 2.39. The minimum absolute atomic E-state index is 0.0897. The fraction of sp³-hybridized carbons (Fsp3) is 0.312. The molecule has 1 fully saturated rings. The molecular formula is C32H36N4O5S. The molecule has 0 radical (unpaired) electrons. The van der Waals surface area contributed by atoms with E-state index in [0.29, 0.717) is 48.1 Å². The number of amides is 2. The SMILES string of the molecule is CC(C)(C)c1ccc(S(=O)(=O)Nc2ccc3[nH]c(OC(=O)NCCCN4CCCC4=O)c(-c4ccccc4)c3c2)cc1.